The third-order valence-electron chi connectivity index (χ3n) is 3.91. The van der Waals surface area contributed by atoms with Crippen molar-refractivity contribution in [2.45, 2.75) is 31.5 Å². The van der Waals surface area contributed by atoms with Crippen molar-refractivity contribution in [3.8, 4) is 5.75 Å². The monoisotopic (exact) mass is 427 g/mol. The summed E-state index contributed by atoms with van der Waals surface area (Å²) in [6, 6.07) is 2.35. The lowest BCUT2D eigenvalue weighted by Gasteiger charge is -2.29. The predicted octanol–water partition coefficient (Wildman–Crippen LogP) is 1.41. The quantitative estimate of drug-likeness (QED) is 0.403. The topological polar surface area (TPSA) is 134 Å². The molecule has 0 radical (unpaired) electrons. The number of benzene rings is 1. The van der Waals surface area contributed by atoms with Gasteiger partial charge >= 0.3 is 17.9 Å². The molecule has 1 aromatic rings. The van der Waals surface area contributed by atoms with Crippen molar-refractivity contribution in [3.05, 3.63) is 29.5 Å². The molecular formula is C18H21NO9S. The van der Waals surface area contributed by atoms with Gasteiger partial charge in [0.25, 0.3) is 5.79 Å². The molecule has 1 saturated heterocycles. The van der Waals surface area contributed by atoms with Gasteiger partial charge in [-0.2, -0.15) is 0 Å². The highest BCUT2D eigenvalue weighted by Crippen LogP contribution is 2.32. The fourth-order valence-corrected chi connectivity index (χ4v) is 3.51. The van der Waals surface area contributed by atoms with Gasteiger partial charge in [0, 0.05) is 26.1 Å². The summed E-state index contributed by atoms with van der Waals surface area (Å²) < 4.78 is 44.8. The van der Waals surface area contributed by atoms with Crippen LogP contribution in [0.1, 0.15) is 31.1 Å². The largest absolute Gasteiger partial charge is 0.496 e. The minimum atomic E-state index is -3.80. The summed E-state index contributed by atoms with van der Waals surface area (Å²) in [5.74, 6) is -4.30. The third-order valence-corrected chi connectivity index (χ3v) is 5.68. The van der Waals surface area contributed by atoms with Gasteiger partial charge in [0.05, 0.1) is 30.6 Å². The first-order chi connectivity index (χ1) is 13.5. The molecule has 1 heterocycles. The van der Waals surface area contributed by atoms with E-state index in [-0.39, 0.29) is 27.6 Å². The lowest BCUT2D eigenvalue weighted by Crippen LogP contribution is -2.42. The lowest BCUT2D eigenvalue weighted by atomic mass is 10.1. The van der Waals surface area contributed by atoms with Crippen molar-refractivity contribution in [2.75, 3.05) is 25.3 Å². The number of cyclic esters (lactones) is 2. The molecular weight excluding hydrogens is 406 g/mol. The smallest absolute Gasteiger partial charge is 0.350 e. The molecule has 1 fully saturated rings. The zero-order valence-electron chi connectivity index (χ0n) is 16.5. The van der Waals surface area contributed by atoms with E-state index in [0.29, 0.717) is 0 Å². The number of rotatable bonds is 6. The molecule has 1 N–H and O–H groups in total. The van der Waals surface area contributed by atoms with Crippen LogP contribution in [0.4, 0.5) is 5.69 Å². The molecule has 0 atom stereocenters. The van der Waals surface area contributed by atoms with Crippen molar-refractivity contribution in [3.63, 3.8) is 0 Å². The Labute approximate surface area is 167 Å². The molecule has 158 valence electrons. The van der Waals surface area contributed by atoms with Gasteiger partial charge in [-0.25, -0.2) is 22.8 Å². The molecule has 0 spiro atoms. The lowest BCUT2D eigenvalue weighted by molar-refractivity contribution is -0.222. The van der Waals surface area contributed by atoms with E-state index in [9.17, 15) is 22.8 Å². The Hall–Kier alpha value is -3.08. The fourth-order valence-electron chi connectivity index (χ4n) is 2.45. The summed E-state index contributed by atoms with van der Waals surface area (Å²) in [4.78, 5) is 35.8. The maximum atomic E-state index is 12.5. The molecule has 10 nitrogen and oxygen atoms in total. The molecule has 0 aromatic heterocycles. The van der Waals surface area contributed by atoms with Gasteiger partial charge in [0.1, 0.15) is 11.3 Å². The molecule has 0 saturated carbocycles. The summed E-state index contributed by atoms with van der Waals surface area (Å²) in [6.45, 7) is 4.22. The van der Waals surface area contributed by atoms with E-state index < -0.39 is 39.1 Å². The highest BCUT2D eigenvalue weighted by atomic mass is 32.2. The van der Waals surface area contributed by atoms with Gasteiger partial charge in [-0.1, -0.05) is 6.92 Å². The van der Waals surface area contributed by atoms with E-state index in [1.54, 1.807) is 0 Å². The number of carbonyl (C=O) groups is 3. The first-order valence-corrected chi connectivity index (χ1v) is 10.1. The summed E-state index contributed by atoms with van der Waals surface area (Å²) in [5.41, 5.74) is -0.576. The summed E-state index contributed by atoms with van der Waals surface area (Å²) in [6.07, 6.45) is 0.973. The van der Waals surface area contributed by atoms with E-state index in [1.165, 1.54) is 33.9 Å². The Morgan fingerprint density at radius 1 is 1.17 bits per heavy atom. The summed E-state index contributed by atoms with van der Waals surface area (Å²) in [5, 5.41) is 2.60. The molecule has 0 unspecified atom stereocenters. The summed E-state index contributed by atoms with van der Waals surface area (Å²) >= 11 is 0. The Morgan fingerprint density at radius 3 is 2.24 bits per heavy atom. The average molecular weight is 427 g/mol. The van der Waals surface area contributed by atoms with Crippen LogP contribution < -0.4 is 10.1 Å². The minimum absolute atomic E-state index is 0.0192. The highest BCUT2D eigenvalue weighted by molar-refractivity contribution is 7.91. The maximum absolute atomic E-state index is 12.5. The van der Waals surface area contributed by atoms with Gasteiger partial charge in [0.15, 0.2) is 15.4 Å². The predicted molar refractivity (Wildman–Crippen MR) is 100 cm³/mol. The Morgan fingerprint density at radius 2 is 1.76 bits per heavy atom. The van der Waals surface area contributed by atoms with Crippen molar-refractivity contribution in [1.82, 2.24) is 0 Å². The molecule has 1 aromatic carbocycles. The van der Waals surface area contributed by atoms with E-state index in [2.05, 4.69) is 10.1 Å². The Balaban J connectivity index is 2.55. The fraction of sp³-hybridized carbons (Fsp3) is 0.389. The summed E-state index contributed by atoms with van der Waals surface area (Å²) in [7, 11) is -1.37. The van der Waals surface area contributed by atoms with Crippen LogP contribution in [0.15, 0.2) is 28.8 Å². The number of methoxy groups -OCH3 is 2. The van der Waals surface area contributed by atoms with Crippen LogP contribution in [-0.4, -0.2) is 52.1 Å². The van der Waals surface area contributed by atoms with E-state index in [1.807, 2.05) is 0 Å². The molecule has 2 rings (SSSR count). The number of sulfone groups is 1. The second-order valence-corrected chi connectivity index (χ2v) is 8.57. The number of ether oxygens (including phenoxy) is 4. The zero-order valence-corrected chi connectivity index (χ0v) is 17.3. The molecule has 0 amide bonds. The van der Waals surface area contributed by atoms with Crippen LogP contribution in [0, 0.1) is 0 Å². The van der Waals surface area contributed by atoms with E-state index >= 15 is 0 Å². The molecule has 1 aliphatic rings. The van der Waals surface area contributed by atoms with Crippen molar-refractivity contribution in [1.29, 1.82) is 0 Å². The van der Waals surface area contributed by atoms with Gasteiger partial charge in [0.2, 0.25) is 0 Å². The van der Waals surface area contributed by atoms with Gasteiger partial charge in [-0.3, -0.25) is 0 Å². The van der Waals surface area contributed by atoms with Crippen LogP contribution >= 0.6 is 0 Å². The van der Waals surface area contributed by atoms with Crippen LogP contribution in [0.25, 0.3) is 0 Å². The SMILES string of the molecule is CCS(=O)(=O)c1cc(C(=O)OC)c(OC)cc1NC=C1C(=O)OC(C)(C)OC1=O. The highest BCUT2D eigenvalue weighted by Gasteiger charge is 2.39. The molecule has 0 bridgehead atoms. The second-order valence-electron chi connectivity index (χ2n) is 6.32. The van der Waals surface area contributed by atoms with Gasteiger partial charge < -0.3 is 24.3 Å². The second kappa shape index (κ2) is 8.11. The average Bonchev–Trinajstić information content (AvgIpc) is 2.65. The minimum Gasteiger partial charge on any atom is -0.496 e. The van der Waals surface area contributed by atoms with Gasteiger partial charge in [-0.15, -0.1) is 0 Å². The first-order valence-electron chi connectivity index (χ1n) is 8.42. The van der Waals surface area contributed by atoms with Crippen LogP contribution in [0.5, 0.6) is 5.75 Å². The Kier molecular flexibility index (Phi) is 6.21. The number of hydrogen-bond donors (Lipinski definition) is 1. The molecule has 29 heavy (non-hydrogen) atoms. The van der Waals surface area contributed by atoms with Crippen LogP contribution in [0.2, 0.25) is 0 Å². The van der Waals surface area contributed by atoms with Crippen molar-refractivity contribution >= 4 is 33.4 Å². The van der Waals surface area contributed by atoms with Crippen LogP contribution in [0.3, 0.4) is 0 Å². The molecule has 0 aliphatic carbocycles. The number of nitrogens with one attached hydrogen (secondary N) is 1. The number of anilines is 1. The van der Waals surface area contributed by atoms with Gasteiger partial charge in [-0.05, 0) is 6.07 Å². The molecule has 1 aliphatic heterocycles. The van der Waals surface area contributed by atoms with Crippen molar-refractivity contribution < 1.29 is 41.7 Å². The standard InChI is InChI=1S/C18H21NO9S/c1-6-29(23,24)14-7-10(15(20)26-5)13(25-4)8-12(14)19-9-11-16(21)27-18(2,3)28-17(11)22/h7-9,19H,6H2,1-5H3. The normalized spacial score (nSPS) is 15.8. The van der Waals surface area contributed by atoms with E-state index in [0.717, 1.165) is 19.4 Å². The first kappa shape index (κ1) is 22.2. The number of esters is 3. The Bertz CT molecular complexity index is 971. The van der Waals surface area contributed by atoms with E-state index in [4.69, 9.17) is 14.2 Å². The molecule has 11 heteroatoms. The number of carbonyl (C=O) groups excluding carboxylic acids is 3. The zero-order chi connectivity index (χ0) is 22.0. The van der Waals surface area contributed by atoms with Crippen LogP contribution in [-0.2, 0) is 33.6 Å². The number of hydrogen-bond acceptors (Lipinski definition) is 10. The third kappa shape index (κ3) is 4.67. The maximum Gasteiger partial charge on any atom is 0.350 e. The van der Waals surface area contributed by atoms with Crippen molar-refractivity contribution in [2.24, 2.45) is 0 Å².